The van der Waals surface area contributed by atoms with Gasteiger partial charge in [0.25, 0.3) is 0 Å². The van der Waals surface area contributed by atoms with Gasteiger partial charge in [0.15, 0.2) is 5.78 Å². The van der Waals surface area contributed by atoms with E-state index in [1.54, 1.807) is 0 Å². The van der Waals surface area contributed by atoms with Crippen molar-refractivity contribution in [2.45, 2.75) is 13.3 Å². The zero-order valence-corrected chi connectivity index (χ0v) is 12.1. The lowest BCUT2D eigenvalue weighted by Crippen LogP contribution is -2.08. The van der Waals surface area contributed by atoms with Crippen LogP contribution in [0.4, 0.5) is 13.2 Å². The zero-order valence-electron chi connectivity index (χ0n) is 10.5. The Kier molecular flexibility index (Phi) is 4.28. The molecule has 0 bridgehead atoms. The zero-order chi connectivity index (χ0) is 14.9. The van der Waals surface area contributed by atoms with Gasteiger partial charge in [-0.1, -0.05) is 15.9 Å². The van der Waals surface area contributed by atoms with Crippen LogP contribution in [0.2, 0.25) is 0 Å². The molecule has 0 aliphatic rings. The molecule has 0 fully saturated rings. The molecule has 2 rings (SSSR count). The fraction of sp³-hybridized carbons (Fsp3) is 0.133. The van der Waals surface area contributed by atoms with E-state index in [1.807, 2.05) is 0 Å². The first-order valence-corrected chi connectivity index (χ1v) is 6.60. The Hall–Kier alpha value is -1.62. The Morgan fingerprint density at radius 2 is 1.80 bits per heavy atom. The number of Topliss-reactive ketones (excluding diaryl/α,β-unsaturated/α-hetero) is 1. The predicted octanol–water partition coefficient (Wildman–Crippen LogP) is 4.60. The molecular weight excluding hydrogens is 333 g/mol. The van der Waals surface area contributed by atoms with Gasteiger partial charge in [-0.25, -0.2) is 13.2 Å². The largest absolute Gasteiger partial charge is 0.294 e. The van der Waals surface area contributed by atoms with Gasteiger partial charge in [-0.05, 0) is 42.3 Å². The highest BCUT2D eigenvalue weighted by Gasteiger charge is 2.16. The summed E-state index contributed by atoms with van der Waals surface area (Å²) >= 11 is 3.20. The van der Waals surface area contributed by atoms with Crippen LogP contribution in [0.15, 0.2) is 34.8 Å². The predicted molar refractivity (Wildman–Crippen MR) is 73.2 cm³/mol. The van der Waals surface area contributed by atoms with Gasteiger partial charge >= 0.3 is 0 Å². The van der Waals surface area contributed by atoms with E-state index >= 15 is 0 Å². The third kappa shape index (κ3) is 3.10. The second-order valence-electron chi connectivity index (χ2n) is 4.42. The quantitative estimate of drug-likeness (QED) is 0.745. The van der Waals surface area contributed by atoms with Gasteiger partial charge in [0.05, 0.1) is 5.56 Å². The van der Waals surface area contributed by atoms with Crippen molar-refractivity contribution in [3.05, 3.63) is 68.9 Å². The van der Waals surface area contributed by atoms with E-state index in [9.17, 15) is 18.0 Å². The summed E-state index contributed by atoms with van der Waals surface area (Å²) in [5, 5.41) is 0. The number of carbonyl (C=O) groups is 1. The number of carbonyl (C=O) groups excluding carboxylic acids is 1. The Morgan fingerprint density at radius 3 is 2.50 bits per heavy atom. The number of aryl methyl sites for hydroxylation is 1. The number of halogens is 4. The summed E-state index contributed by atoms with van der Waals surface area (Å²) in [5.74, 6) is -2.62. The van der Waals surface area contributed by atoms with Crippen molar-refractivity contribution in [1.29, 1.82) is 0 Å². The molecule has 0 aromatic heterocycles. The molecule has 2 aromatic rings. The van der Waals surface area contributed by atoms with Crippen LogP contribution < -0.4 is 0 Å². The molecule has 2 aromatic carbocycles. The minimum atomic E-state index is -0.911. The monoisotopic (exact) mass is 342 g/mol. The van der Waals surface area contributed by atoms with Crippen LogP contribution in [0.25, 0.3) is 0 Å². The highest BCUT2D eigenvalue weighted by molar-refractivity contribution is 9.10. The third-order valence-corrected chi connectivity index (χ3v) is 3.68. The van der Waals surface area contributed by atoms with Crippen LogP contribution in [0.5, 0.6) is 0 Å². The van der Waals surface area contributed by atoms with Gasteiger partial charge < -0.3 is 0 Å². The van der Waals surface area contributed by atoms with Gasteiger partial charge in [0.2, 0.25) is 0 Å². The number of hydrogen-bond donors (Lipinski definition) is 0. The maximum Gasteiger partial charge on any atom is 0.170 e. The minimum absolute atomic E-state index is 0.166. The lowest BCUT2D eigenvalue weighted by molar-refractivity contribution is 0.0988. The number of benzene rings is 2. The van der Waals surface area contributed by atoms with E-state index < -0.39 is 23.2 Å². The third-order valence-electron chi connectivity index (χ3n) is 2.91. The first-order valence-electron chi connectivity index (χ1n) is 5.81. The molecule has 0 amide bonds. The summed E-state index contributed by atoms with van der Waals surface area (Å²) in [6.07, 6.45) is -0.166. The van der Waals surface area contributed by atoms with Crippen LogP contribution in [-0.2, 0) is 6.42 Å². The minimum Gasteiger partial charge on any atom is -0.294 e. The average molecular weight is 343 g/mol. The van der Waals surface area contributed by atoms with E-state index in [0.717, 1.165) is 0 Å². The molecule has 0 spiro atoms. The molecule has 0 saturated carbocycles. The lowest BCUT2D eigenvalue weighted by Gasteiger charge is -2.07. The van der Waals surface area contributed by atoms with Gasteiger partial charge in [-0.3, -0.25) is 4.79 Å². The highest BCUT2D eigenvalue weighted by atomic mass is 79.9. The van der Waals surface area contributed by atoms with Gasteiger partial charge in [0, 0.05) is 17.0 Å². The van der Waals surface area contributed by atoms with Crippen LogP contribution in [0.3, 0.4) is 0 Å². The number of ketones is 1. The summed E-state index contributed by atoms with van der Waals surface area (Å²) in [6.45, 7) is 1.45. The molecule has 1 nitrogen and oxygen atoms in total. The van der Waals surface area contributed by atoms with E-state index in [-0.39, 0.29) is 17.5 Å². The Bertz CT molecular complexity index is 683. The molecule has 5 heteroatoms. The molecule has 0 aliphatic carbocycles. The van der Waals surface area contributed by atoms with Gasteiger partial charge in [-0.15, -0.1) is 0 Å². The SMILES string of the molecule is Cc1cc(C(=O)Cc2cc(F)ccc2Br)c(F)cc1F. The summed E-state index contributed by atoms with van der Waals surface area (Å²) < 4.78 is 40.5. The van der Waals surface area contributed by atoms with Crippen LogP contribution in [0, 0.1) is 24.4 Å². The maximum absolute atomic E-state index is 13.6. The molecule has 0 unspecified atom stereocenters. The summed E-state index contributed by atoms with van der Waals surface area (Å²) in [6, 6.07) is 5.78. The smallest absolute Gasteiger partial charge is 0.170 e. The first-order chi connectivity index (χ1) is 9.38. The number of rotatable bonds is 3. The molecule has 0 saturated heterocycles. The van der Waals surface area contributed by atoms with Crippen molar-refractivity contribution in [1.82, 2.24) is 0 Å². The second-order valence-corrected chi connectivity index (χ2v) is 5.27. The van der Waals surface area contributed by atoms with Crippen molar-refractivity contribution in [3.63, 3.8) is 0 Å². The Labute approximate surface area is 122 Å². The van der Waals surface area contributed by atoms with Crippen molar-refractivity contribution in [2.75, 3.05) is 0 Å². The topological polar surface area (TPSA) is 17.1 Å². The first kappa shape index (κ1) is 14.8. The van der Waals surface area contributed by atoms with E-state index in [0.29, 0.717) is 16.1 Å². The molecule has 20 heavy (non-hydrogen) atoms. The van der Waals surface area contributed by atoms with Crippen LogP contribution in [0.1, 0.15) is 21.5 Å². The van der Waals surface area contributed by atoms with E-state index in [2.05, 4.69) is 15.9 Å². The molecule has 0 aliphatic heterocycles. The molecular formula is C15H10BrF3O. The second kappa shape index (κ2) is 5.79. The Morgan fingerprint density at radius 1 is 1.10 bits per heavy atom. The molecule has 0 atom stereocenters. The van der Waals surface area contributed by atoms with Crippen molar-refractivity contribution >= 4 is 21.7 Å². The summed E-state index contributed by atoms with van der Waals surface area (Å²) in [5.41, 5.74) is 0.407. The van der Waals surface area contributed by atoms with Crippen molar-refractivity contribution in [3.8, 4) is 0 Å². The molecule has 0 N–H and O–H groups in total. The number of hydrogen-bond acceptors (Lipinski definition) is 1. The standard InChI is InChI=1S/C15H10BrF3O/c1-8-4-11(14(19)7-13(8)18)15(20)6-9-5-10(17)2-3-12(9)16/h2-5,7H,6H2,1H3. The summed E-state index contributed by atoms with van der Waals surface area (Å²) in [4.78, 5) is 12.1. The molecule has 104 valence electrons. The van der Waals surface area contributed by atoms with E-state index in [4.69, 9.17) is 0 Å². The molecule has 0 heterocycles. The molecule has 0 radical (unpaired) electrons. The fourth-order valence-electron chi connectivity index (χ4n) is 1.82. The normalized spacial score (nSPS) is 10.7. The lowest BCUT2D eigenvalue weighted by atomic mass is 10.0. The average Bonchev–Trinajstić information content (AvgIpc) is 2.38. The van der Waals surface area contributed by atoms with E-state index in [1.165, 1.54) is 31.2 Å². The van der Waals surface area contributed by atoms with Crippen molar-refractivity contribution in [2.24, 2.45) is 0 Å². The highest BCUT2D eigenvalue weighted by Crippen LogP contribution is 2.21. The Balaban J connectivity index is 2.33. The summed E-state index contributed by atoms with van der Waals surface area (Å²) in [7, 11) is 0. The fourth-order valence-corrected chi connectivity index (χ4v) is 2.20. The van der Waals surface area contributed by atoms with Crippen LogP contribution in [-0.4, -0.2) is 5.78 Å². The van der Waals surface area contributed by atoms with Gasteiger partial charge in [0.1, 0.15) is 17.5 Å². The van der Waals surface area contributed by atoms with Crippen LogP contribution >= 0.6 is 15.9 Å². The maximum atomic E-state index is 13.6. The van der Waals surface area contributed by atoms with Gasteiger partial charge in [-0.2, -0.15) is 0 Å². The van der Waals surface area contributed by atoms with Crippen molar-refractivity contribution < 1.29 is 18.0 Å².